The van der Waals surface area contributed by atoms with Gasteiger partial charge in [0.05, 0.1) is 12.6 Å². The van der Waals surface area contributed by atoms with Gasteiger partial charge in [0.25, 0.3) is 0 Å². The Balaban J connectivity index is 1.78. The highest BCUT2D eigenvalue weighted by atomic mass is 16.2. The quantitative estimate of drug-likeness (QED) is 0.738. The Labute approximate surface area is 115 Å². The van der Waals surface area contributed by atoms with E-state index in [1.807, 2.05) is 6.92 Å². The van der Waals surface area contributed by atoms with Gasteiger partial charge in [-0.2, -0.15) is 0 Å². The molecule has 5 nitrogen and oxygen atoms in total. The number of nitrogens with one attached hydrogen (secondary N) is 2. The van der Waals surface area contributed by atoms with Crippen LogP contribution in [0.3, 0.4) is 0 Å². The SMILES string of the molecule is CC1NCCN(CC(=O)NC2CCCCCC2)C1=O. The first-order chi connectivity index (χ1) is 9.16. The summed E-state index contributed by atoms with van der Waals surface area (Å²) in [7, 11) is 0. The van der Waals surface area contributed by atoms with Gasteiger partial charge >= 0.3 is 0 Å². The summed E-state index contributed by atoms with van der Waals surface area (Å²) in [6.07, 6.45) is 7.12. The molecule has 1 aliphatic heterocycles. The van der Waals surface area contributed by atoms with E-state index < -0.39 is 0 Å². The number of carbonyl (C=O) groups excluding carboxylic acids is 2. The predicted octanol–water partition coefficient (Wildman–Crippen LogP) is 0.646. The molecule has 108 valence electrons. The van der Waals surface area contributed by atoms with Gasteiger partial charge in [0.2, 0.25) is 11.8 Å². The number of amides is 2. The second kappa shape index (κ2) is 6.89. The second-order valence-corrected chi connectivity index (χ2v) is 5.69. The van der Waals surface area contributed by atoms with Gasteiger partial charge in [0, 0.05) is 19.1 Å². The van der Waals surface area contributed by atoms with Gasteiger partial charge in [-0.05, 0) is 19.8 Å². The molecule has 0 aromatic carbocycles. The van der Waals surface area contributed by atoms with Crippen LogP contribution in [0.4, 0.5) is 0 Å². The molecule has 2 aliphatic rings. The molecule has 5 heteroatoms. The molecule has 2 fully saturated rings. The highest BCUT2D eigenvalue weighted by Crippen LogP contribution is 2.17. The third kappa shape index (κ3) is 4.20. The molecule has 2 rings (SSSR count). The van der Waals surface area contributed by atoms with Gasteiger partial charge in [-0.1, -0.05) is 25.7 Å². The molecular weight excluding hydrogens is 242 g/mol. The average Bonchev–Trinajstić information content (AvgIpc) is 2.63. The van der Waals surface area contributed by atoms with E-state index in [0.29, 0.717) is 12.6 Å². The fourth-order valence-electron chi connectivity index (χ4n) is 2.91. The lowest BCUT2D eigenvalue weighted by atomic mass is 10.1. The number of piperazine rings is 1. The van der Waals surface area contributed by atoms with Crippen molar-refractivity contribution >= 4 is 11.8 Å². The molecule has 1 aliphatic carbocycles. The van der Waals surface area contributed by atoms with Crippen molar-refractivity contribution in [1.82, 2.24) is 15.5 Å². The Morgan fingerprint density at radius 1 is 1.32 bits per heavy atom. The standard InChI is InChI=1S/C14H25N3O2/c1-11-14(19)17(9-8-15-11)10-13(18)16-12-6-4-2-3-5-7-12/h11-12,15H,2-10H2,1H3,(H,16,18). The summed E-state index contributed by atoms with van der Waals surface area (Å²) in [5.74, 6) is 0.0246. The molecule has 2 amide bonds. The molecule has 0 radical (unpaired) electrons. The van der Waals surface area contributed by atoms with E-state index in [-0.39, 0.29) is 24.4 Å². The third-order valence-electron chi connectivity index (χ3n) is 4.07. The van der Waals surface area contributed by atoms with E-state index in [2.05, 4.69) is 10.6 Å². The van der Waals surface area contributed by atoms with Crippen molar-refractivity contribution in [3.63, 3.8) is 0 Å². The van der Waals surface area contributed by atoms with Crippen LogP contribution in [0.2, 0.25) is 0 Å². The maximum absolute atomic E-state index is 12.0. The highest BCUT2D eigenvalue weighted by Gasteiger charge is 2.26. The number of rotatable bonds is 3. The first-order valence-electron chi connectivity index (χ1n) is 7.48. The molecule has 0 aromatic rings. The summed E-state index contributed by atoms with van der Waals surface area (Å²) in [4.78, 5) is 25.6. The van der Waals surface area contributed by atoms with Crippen molar-refractivity contribution in [3.8, 4) is 0 Å². The van der Waals surface area contributed by atoms with Gasteiger partial charge in [0.1, 0.15) is 0 Å². The van der Waals surface area contributed by atoms with Gasteiger partial charge in [0.15, 0.2) is 0 Å². The summed E-state index contributed by atoms with van der Waals surface area (Å²) >= 11 is 0. The Morgan fingerprint density at radius 2 is 2.00 bits per heavy atom. The summed E-state index contributed by atoms with van der Waals surface area (Å²) in [5, 5.41) is 6.19. The maximum Gasteiger partial charge on any atom is 0.239 e. The van der Waals surface area contributed by atoms with Crippen molar-refractivity contribution in [2.75, 3.05) is 19.6 Å². The third-order valence-corrected chi connectivity index (χ3v) is 4.07. The number of nitrogens with zero attached hydrogens (tertiary/aromatic N) is 1. The smallest absolute Gasteiger partial charge is 0.239 e. The van der Waals surface area contributed by atoms with Crippen LogP contribution < -0.4 is 10.6 Å². The van der Waals surface area contributed by atoms with Crippen molar-refractivity contribution < 1.29 is 9.59 Å². The lowest BCUT2D eigenvalue weighted by Gasteiger charge is -2.31. The first kappa shape index (κ1) is 14.3. The van der Waals surface area contributed by atoms with Gasteiger partial charge < -0.3 is 15.5 Å². The monoisotopic (exact) mass is 267 g/mol. The van der Waals surface area contributed by atoms with Crippen LogP contribution in [0.25, 0.3) is 0 Å². The van der Waals surface area contributed by atoms with Gasteiger partial charge in [-0.25, -0.2) is 0 Å². The van der Waals surface area contributed by atoms with Gasteiger partial charge in [-0.15, -0.1) is 0 Å². The van der Waals surface area contributed by atoms with Crippen LogP contribution in [-0.4, -0.2) is 48.4 Å². The molecular formula is C14H25N3O2. The summed E-state index contributed by atoms with van der Waals surface area (Å²) < 4.78 is 0. The lowest BCUT2D eigenvalue weighted by Crippen LogP contribution is -2.56. The summed E-state index contributed by atoms with van der Waals surface area (Å²) in [6, 6.07) is 0.143. The van der Waals surface area contributed by atoms with Crippen LogP contribution in [-0.2, 0) is 9.59 Å². The van der Waals surface area contributed by atoms with Crippen LogP contribution in [0.1, 0.15) is 45.4 Å². The molecule has 2 N–H and O–H groups in total. The normalized spacial score (nSPS) is 26.1. The molecule has 1 saturated carbocycles. The molecule has 1 heterocycles. The number of hydrogen-bond acceptors (Lipinski definition) is 3. The number of carbonyl (C=O) groups is 2. The van der Waals surface area contributed by atoms with E-state index in [1.165, 1.54) is 25.7 Å². The highest BCUT2D eigenvalue weighted by molar-refractivity contribution is 5.87. The molecule has 0 aromatic heterocycles. The minimum absolute atomic E-state index is 0.00523. The van der Waals surface area contributed by atoms with E-state index in [9.17, 15) is 9.59 Å². The molecule has 0 bridgehead atoms. The van der Waals surface area contributed by atoms with Crippen LogP contribution >= 0.6 is 0 Å². The van der Waals surface area contributed by atoms with Crippen LogP contribution in [0.15, 0.2) is 0 Å². The van der Waals surface area contributed by atoms with Gasteiger partial charge in [-0.3, -0.25) is 9.59 Å². The lowest BCUT2D eigenvalue weighted by molar-refractivity contribution is -0.139. The zero-order chi connectivity index (χ0) is 13.7. The molecule has 1 saturated heterocycles. The molecule has 1 unspecified atom stereocenters. The predicted molar refractivity (Wildman–Crippen MR) is 73.7 cm³/mol. The van der Waals surface area contributed by atoms with E-state index in [4.69, 9.17) is 0 Å². The summed E-state index contributed by atoms with van der Waals surface area (Å²) in [5.41, 5.74) is 0. The zero-order valence-electron chi connectivity index (χ0n) is 11.8. The Bertz CT molecular complexity index is 325. The van der Waals surface area contributed by atoms with Crippen molar-refractivity contribution in [1.29, 1.82) is 0 Å². The Kier molecular flexibility index (Phi) is 5.19. The van der Waals surface area contributed by atoms with Crippen LogP contribution in [0.5, 0.6) is 0 Å². The molecule has 19 heavy (non-hydrogen) atoms. The fourth-order valence-corrected chi connectivity index (χ4v) is 2.91. The zero-order valence-corrected chi connectivity index (χ0v) is 11.8. The second-order valence-electron chi connectivity index (χ2n) is 5.69. The fraction of sp³-hybridized carbons (Fsp3) is 0.857. The topological polar surface area (TPSA) is 61.4 Å². The average molecular weight is 267 g/mol. The minimum atomic E-state index is -0.167. The minimum Gasteiger partial charge on any atom is -0.352 e. The van der Waals surface area contributed by atoms with Crippen molar-refractivity contribution in [2.45, 2.75) is 57.5 Å². The van der Waals surface area contributed by atoms with Crippen molar-refractivity contribution in [2.24, 2.45) is 0 Å². The first-order valence-corrected chi connectivity index (χ1v) is 7.48. The van der Waals surface area contributed by atoms with E-state index >= 15 is 0 Å². The van der Waals surface area contributed by atoms with E-state index in [0.717, 1.165) is 19.4 Å². The molecule has 1 atom stereocenters. The maximum atomic E-state index is 12.0. The number of hydrogen-bond donors (Lipinski definition) is 2. The van der Waals surface area contributed by atoms with Crippen LogP contribution in [0, 0.1) is 0 Å². The summed E-state index contributed by atoms with van der Waals surface area (Å²) in [6.45, 7) is 3.45. The Hall–Kier alpha value is -1.10. The Morgan fingerprint density at radius 3 is 2.68 bits per heavy atom. The van der Waals surface area contributed by atoms with Crippen molar-refractivity contribution in [3.05, 3.63) is 0 Å². The molecule has 0 spiro atoms. The largest absolute Gasteiger partial charge is 0.352 e. The van der Waals surface area contributed by atoms with E-state index in [1.54, 1.807) is 4.90 Å².